The molecule has 25 heavy (non-hydrogen) atoms. The van der Waals surface area contributed by atoms with Gasteiger partial charge in [0.15, 0.2) is 12.9 Å². The maximum absolute atomic E-state index is 12.1. The van der Waals surface area contributed by atoms with Gasteiger partial charge in [-0.1, -0.05) is 29.3 Å². The van der Waals surface area contributed by atoms with E-state index in [9.17, 15) is 9.59 Å². The van der Waals surface area contributed by atoms with E-state index < -0.39 is 0 Å². The van der Waals surface area contributed by atoms with Gasteiger partial charge in [-0.2, -0.15) is 0 Å². The van der Waals surface area contributed by atoms with Crippen LogP contribution in [0, 0.1) is 0 Å². The smallest absolute Gasteiger partial charge is 0.258 e. The van der Waals surface area contributed by atoms with Crippen molar-refractivity contribution in [2.75, 3.05) is 13.7 Å². The fraction of sp³-hybridized carbons (Fsp3) is 0.222. The van der Waals surface area contributed by atoms with Crippen molar-refractivity contribution in [3.05, 3.63) is 57.6 Å². The molecule has 1 amide bonds. The molecule has 132 valence electrons. The predicted octanol–water partition coefficient (Wildman–Crippen LogP) is 4.07. The number of benzene rings is 2. The largest absolute Gasteiger partial charge is 0.497 e. The first kappa shape index (κ1) is 19.1. The molecule has 0 unspecified atom stereocenters. The van der Waals surface area contributed by atoms with Gasteiger partial charge in [0.25, 0.3) is 5.91 Å². The zero-order chi connectivity index (χ0) is 18.4. The molecule has 0 fully saturated rings. The average Bonchev–Trinajstić information content (AvgIpc) is 2.61. The molecule has 1 N–H and O–H groups in total. The van der Waals surface area contributed by atoms with Gasteiger partial charge in [0.2, 0.25) is 0 Å². The molecule has 2 rings (SSSR count). The van der Waals surface area contributed by atoms with Crippen molar-refractivity contribution in [2.24, 2.45) is 0 Å². The molecule has 0 aliphatic carbocycles. The van der Waals surface area contributed by atoms with E-state index in [1.165, 1.54) is 7.11 Å². The average molecular weight is 382 g/mol. The molecule has 0 spiro atoms. The Bertz CT molecular complexity index is 780. The summed E-state index contributed by atoms with van der Waals surface area (Å²) in [6.45, 7) is 1.60. The third-order valence-electron chi connectivity index (χ3n) is 3.52. The van der Waals surface area contributed by atoms with Crippen LogP contribution in [0.5, 0.6) is 11.5 Å². The first-order chi connectivity index (χ1) is 11.9. The summed E-state index contributed by atoms with van der Waals surface area (Å²) >= 11 is 11.9. The van der Waals surface area contributed by atoms with Crippen molar-refractivity contribution in [3.63, 3.8) is 0 Å². The Morgan fingerprint density at radius 2 is 1.96 bits per heavy atom. The van der Waals surface area contributed by atoms with Crippen LogP contribution in [-0.4, -0.2) is 25.9 Å². The Morgan fingerprint density at radius 3 is 2.60 bits per heavy atom. The topological polar surface area (TPSA) is 64.6 Å². The highest BCUT2D eigenvalue weighted by Crippen LogP contribution is 2.26. The number of aldehydes is 1. The van der Waals surface area contributed by atoms with Crippen molar-refractivity contribution in [1.29, 1.82) is 0 Å². The molecule has 5 nitrogen and oxygen atoms in total. The molecule has 0 radical (unpaired) electrons. The molecule has 0 aliphatic heterocycles. The van der Waals surface area contributed by atoms with E-state index in [1.807, 2.05) is 6.92 Å². The Balaban J connectivity index is 1.96. The summed E-state index contributed by atoms with van der Waals surface area (Å²) in [6.07, 6.45) is 0.647. The SMILES string of the molecule is COc1ccc(OCC(=O)N[C@H](C)c2ccc(Cl)c(Cl)c2)c(C=O)c1. The second-order valence-electron chi connectivity index (χ2n) is 5.27. The zero-order valence-electron chi connectivity index (χ0n) is 13.7. The number of halogens is 2. The van der Waals surface area contributed by atoms with E-state index in [0.29, 0.717) is 33.4 Å². The van der Waals surface area contributed by atoms with Crippen LogP contribution in [0.1, 0.15) is 28.9 Å². The molecule has 0 heterocycles. The summed E-state index contributed by atoms with van der Waals surface area (Å²) in [5.41, 5.74) is 1.13. The lowest BCUT2D eigenvalue weighted by Crippen LogP contribution is -2.31. The van der Waals surface area contributed by atoms with E-state index >= 15 is 0 Å². The summed E-state index contributed by atoms with van der Waals surface area (Å²) in [5.74, 6) is 0.520. The minimum atomic E-state index is -0.328. The van der Waals surface area contributed by atoms with E-state index in [4.69, 9.17) is 32.7 Å². The van der Waals surface area contributed by atoms with Gasteiger partial charge in [0.05, 0.1) is 28.8 Å². The maximum Gasteiger partial charge on any atom is 0.258 e. The van der Waals surface area contributed by atoms with Crippen LogP contribution in [0.3, 0.4) is 0 Å². The minimum absolute atomic E-state index is 0.223. The number of rotatable bonds is 7. The molecule has 0 bridgehead atoms. The van der Waals surface area contributed by atoms with Crippen molar-refractivity contribution in [2.45, 2.75) is 13.0 Å². The Kier molecular flexibility index (Phi) is 6.67. The van der Waals surface area contributed by atoms with E-state index in [2.05, 4.69) is 5.32 Å². The number of carbonyl (C=O) groups excluding carboxylic acids is 2. The Morgan fingerprint density at radius 1 is 1.20 bits per heavy atom. The van der Waals surface area contributed by atoms with Crippen molar-refractivity contribution in [1.82, 2.24) is 5.32 Å². The van der Waals surface area contributed by atoms with Crippen LogP contribution in [0.25, 0.3) is 0 Å². The molecule has 0 saturated carbocycles. The highest BCUT2D eigenvalue weighted by Gasteiger charge is 2.13. The summed E-state index contributed by atoms with van der Waals surface area (Å²) in [4.78, 5) is 23.2. The summed E-state index contributed by atoms with van der Waals surface area (Å²) < 4.78 is 10.5. The minimum Gasteiger partial charge on any atom is -0.497 e. The zero-order valence-corrected chi connectivity index (χ0v) is 15.2. The predicted molar refractivity (Wildman–Crippen MR) is 96.9 cm³/mol. The van der Waals surface area contributed by atoms with Gasteiger partial charge in [0, 0.05) is 0 Å². The van der Waals surface area contributed by atoms with Crippen LogP contribution in [0.15, 0.2) is 36.4 Å². The van der Waals surface area contributed by atoms with Crippen LogP contribution in [0.2, 0.25) is 10.0 Å². The number of hydrogen-bond acceptors (Lipinski definition) is 4. The summed E-state index contributed by atoms with van der Waals surface area (Å²) in [6, 6.07) is 9.66. The van der Waals surface area contributed by atoms with Crippen molar-refractivity contribution >= 4 is 35.4 Å². The van der Waals surface area contributed by atoms with Gasteiger partial charge in [-0.3, -0.25) is 9.59 Å². The third kappa shape index (κ3) is 5.11. The quantitative estimate of drug-likeness (QED) is 0.734. The van der Waals surface area contributed by atoms with Crippen LogP contribution in [0.4, 0.5) is 0 Å². The third-order valence-corrected chi connectivity index (χ3v) is 4.26. The number of ether oxygens (including phenoxy) is 2. The Hall–Kier alpha value is -2.24. The number of methoxy groups -OCH3 is 1. The van der Waals surface area contributed by atoms with E-state index in [0.717, 1.165) is 5.56 Å². The van der Waals surface area contributed by atoms with Crippen molar-refractivity contribution < 1.29 is 19.1 Å². The second-order valence-corrected chi connectivity index (χ2v) is 6.09. The fourth-order valence-electron chi connectivity index (χ4n) is 2.17. The number of carbonyl (C=O) groups is 2. The second kappa shape index (κ2) is 8.74. The van der Waals surface area contributed by atoms with E-state index in [-0.39, 0.29) is 18.6 Å². The standard InChI is InChI=1S/C18H17Cl2NO4/c1-11(12-3-5-15(19)16(20)8-12)21-18(23)10-25-17-6-4-14(24-2)7-13(17)9-22/h3-9,11H,10H2,1-2H3,(H,21,23)/t11-/m1/s1. The number of hydrogen-bond donors (Lipinski definition) is 1. The normalized spacial score (nSPS) is 11.5. The number of nitrogens with one attached hydrogen (secondary N) is 1. The molecule has 7 heteroatoms. The van der Waals surface area contributed by atoms with Crippen LogP contribution >= 0.6 is 23.2 Å². The first-order valence-corrected chi connectivity index (χ1v) is 8.20. The lowest BCUT2D eigenvalue weighted by atomic mass is 10.1. The lowest BCUT2D eigenvalue weighted by Gasteiger charge is -2.16. The first-order valence-electron chi connectivity index (χ1n) is 7.45. The molecule has 0 aliphatic rings. The van der Waals surface area contributed by atoms with Gasteiger partial charge < -0.3 is 14.8 Å². The van der Waals surface area contributed by atoms with Gasteiger partial charge in [0.1, 0.15) is 11.5 Å². The molecule has 0 aromatic heterocycles. The molecule has 1 atom stereocenters. The van der Waals surface area contributed by atoms with Crippen LogP contribution < -0.4 is 14.8 Å². The molecular formula is C18H17Cl2NO4. The van der Waals surface area contributed by atoms with Gasteiger partial charge in [-0.25, -0.2) is 0 Å². The molecular weight excluding hydrogens is 365 g/mol. The fourth-order valence-corrected chi connectivity index (χ4v) is 2.48. The highest BCUT2D eigenvalue weighted by atomic mass is 35.5. The molecule has 2 aromatic carbocycles. The van der Waals surface area contributed by atoms with E-state index in [1.54, 1.807) is 36.4 Å². The summed E-state index contributed by atoms with van der Waals surface area (Å²) in [7, 11) is 1.50. The van der Waals surface area contributed by atoms with Gasteiger partial charge >= 0.3 is 0 Å². The maximum atomic E-state index is 12.1. The monoisotopic (exact) mass is 381 g/mol. The van der Waals surface area contributed by atoms with Crippen LogP contribution in [-0.2, 0) is 4.79 Å². The molecule has 0 saturated heterocycles. The Labute approximate surface area is 155 Å². The van der Waals surface area contributed by atoms with Gasteiger partial charge in [-0.05, 0) is 42.8 Å². The van der Waals surface area contributed by atoms with Gasteiger partial charge in [-0.15, -0.1) is 0 Å². The number of amides is 1. The molecule has 2 aromatic rings. The highest BCUT2D eigenvalue weighted by molar-refractivity contribution is 6.42. The lowest BCUT2D eigenvalue weighted by molar-refractivity contribution is -0.123. The summed E-state index contributed by atoms with van der Waals surface area (Å²) in [5, 5.41) is 3.67. The van der Waals surface area contributed by atoms with Crippen molar-refractivity contribution in [3.8, 4) is 11.5 Å².